The van der Waals surface area contributed by atoms with Gasteiger partial charge in [0.2, 0.25) is 0 Å². The van der Waals surface area contributed by atoms with E-state index < -0.39 is 12.1 Å². The van der Waals surface area contributed by atoms with Crippen LogP contribution in [0.5, 0.6) is 0 Å². The van der Waals surface area contributed by atoms with Gasteiger partial charge in [0.05, 0.1) is 13.0 Å². The molecule has 2 bridgehead atoms. The third-order valence-electron chi connectivity index (χ3n) is 8.66. The average Bonchev–Trinajstić information content (AvgIpc) is 2.85. The SMILES string of the molecule is COC(=O)[C@@H]1C[C@@H](OC(C)=O)C[C@]2(C)[C@@H]1CC[C@@]13C[C@H](CC[C@@H]21)C(=O)[C@@H]3OC(C)=O. The van der Waals surface area contributed by atoms with Gasteiger partial charge < -0.3 is 14.2 Å². The smallest absolute Gasteiger partial charge is 0.309 e. The highest BCUT2D eigenvalue weighted by Crippen LogP contribution is 2.69. The number of ether oxygens (including phenoxy) is 3. The molecule has 8 atom stereocenters. The molecule has 0 saturated heterocycles. The van der Waals surface area contributed by atoms with E-state index in [1.54, 1.807) is 0 Å². The molecule has 0 N–H and O–H groups in total. The predicted octanol–water partition coefficient (Wildman–Crippen LogP) is 2.83. The molecule has 4 saturated carbocycles. The lowest BCUT2D eigenvalue weighted by Gasteiger charge is -2.62. The maximum absolute atomic E-state index is 13.0. The van der Waals surface area contributed by atoms with Crippen LogP contribution in [0, 0.1) is 34.5 Å². The summed E-state index contributed by atoms with van der Waals surface area (Å²) < 4.78 is 16.4. The second kappa shape index (κ2) is 7.34. The van der Waals surface area contributed by atoms with Crippen molar-refractivity contribution in [1.29, 1.82) is 0 Å². The lowest BCUT2D eigenvalue weighted by Crippen LogP contribution is -2.60. The van der Waals surface area contributed by atoms with E-state index in [4.69, 9.17) is 14.2 Å². The molecule has 1 spiro atoms. The highest BCUT2D eigenvalue weighted by atomic mass is 16.6. The monoisotopic (exact) mass is 420 g/mol. The van der Waals surface area contributed by atoms with Crippen molar-refractivity contribution in [1.82, 2.24) is 0 Å². The Hall–Kier alpha value is -1.92. The van der Waals surface area contributed by atoms with Crippen LogP contribution in [0.2, 0.25) is 0 Å². The number of carbonyl (C=O) groups excluding carboxylic acids is 4. The molecule has 0 aliphatic heterocycles. The maximum Gasteiger partial charge on any atom is 0.309 e. The minimum atomic E-state index is -0.698. The molecule has 7 heteroatoms. The summed E-state index contributed by atoms with van der Waals surface area (Å²) in [6, 6.07) is 0. The third-order valence-corrected chi connectivity index (χ3v) is 8.66. The summed E-state index contributed by atoms with van der Waals surface area (Å²) in [7, 11) is 1.40. The van der Waals surface area contributed by atoms with E-state index in [0.29, 0.717) is 12.8 Å². The quantitative estimate of drug-likeness (QED) is 0.512. The molecule has 0 radical (unpaired) electrons. The summed E-state index contributed by atoms with van der Waals surface area (Å²) in [4.78, 5) is 49.3. The largest absolute Gasteiger partial charge is 0.469 e. The van der Waals surface area contributed by atoms with Crippen molar-refractivity contribution in [3.63, 3.8) is 0 Å². The maximum atomic E-state index is 13.0. The molecule has 4 aliphatic carbocycles. The molecule has 0 aromatic carbocycles. The fourth-order valence-electron chi connectivity index (χ4n) is 7.85. The number of esters is 3. The van der Waals surface area contributed by atoms with Crippen LogP contribution in [-0.2, 0) is 33.4 Å². The second-order valence-electron chi connectivity index (χ2n) is 10.1. The van der Waals surface area contributed by atoms with Gasteiger partial charge in [-0.1, -0.05) is 6.92 Å². The molecular formula is C23H32O7. The summed E-state index contributed by atoms with van der Waals surface area (Å²) in [5.74, 6) is -1.13. The van der Waals surface area contributed by atoms with Gasteiger partial charge in [-0.2, -0.15) is 0 Å². The highest BCUT2D eigenvalue weighted by Gasteiger charge is 2.69. The fraction of sp³-hybridized carbons (Fsp3) is 0.826. The van der Waals surface area contributed by atoms with Gasteiger partial charge in [0.1, 0.15) is 6.10 Å². The van der Waals surface area contributed by atoms with E-state index in [1.807, 2.05) is 0 Å². The van der Waals surface area contributed by atoms with Gasteiger partial charge in [-0.25, -0.2) is 0 Å². The van der Waals surface area contributed by atoms with E-state index in [2.05, 4.69) is 6.92 Å². The van der Waals surface area contributed by atoms with Gasteiger partial charge in [-0.05, 0) is 62.2 Å². The molecule has 166 valence electrons. The number of methoxy groups -OCH3 is 1. The second-order valence-corrected chi connectivity index (χ2v) is 10.1. The Morgan fingerprint density at radius 1 is 1.00 bits per heavy atom. The van der Waals surface area contributed by atoms with Crippen molar-refractivity contribution in [3.05, 3.63) is 0 Å². The van der Waals surface area contributed by atoms with E-state index in [1.165, 1.54) is 21.0 Å². The first kappa shape index (κ1) is 21.3. The summed E-state index contributed by atoms with van der Waals surface area (Å²) in [5.41, 5.74) is -0.681. The fourth-order valence-corrected chi connectivity index (χ4v) is 7.85. The standard InChI is InChI=1S/C23H32O7/c1-12(24)29-15-9-16(21(27)28-4)17-7-8-23-10-14(19(26)20(23)30-13(2)25)5-6-18(23)22(17,3)11-15/h14-18,20H,5-11H2,1-4H3/t14-,15+,16+,17+,18-,20-,22+,23+/m0/s1. The number of carbonyl (C=O) groups is 4. The zero-order valence-corrected chi connectivity index (χ0v) is 18.3. The first-order valence-electron chi connectivity index (χ1n) is 11.1. The minimum absolute atomic E-state index is 0.0463. The van der Waals surface area contributed by atoms with E-state index >= 15 is 0 Å². The van der Waals surface area contributed by atoms with Crippen LogP contribution in [0.1, 0.15) is 65.7 Å². The first-order valence-corrected chi connectivity index (χ1v) is 11.1. The summed E-state index contributed by atoms with van der Waals surface area (Å²) in [6.07, 6.45) is 4.01. The Labute approximate surface area is 177 Å². The van der Waals surface area contributed by atoms with Crippen molar-refractivity contribution in [2.75, 3.05) is 7.11 Å². The highest BCUT2D eigenvalue weighted by molar-refractivity contribution is 5.91. The van der Waals surface area contributed by atoms with Crippen molar-refractivity contribution in [2.24, 2.45) is 34.5 Å². The predicted molar refractivity (Wildman–Crippen MR) is 105 cm³/mol. The van der Waals surface area contributed by atoms with Crippen LogP contribution in [-0.4, -0.2) is 43.0 Å². The van der Waals surface area contributed by atoms with E-state index in [-0.39, 0.29) is 58.3 Å². The third kappa shape index (κ3) is 3.07. The number of fused-ring (bicyclic) bond motifs is 3. The number of hydrogen-bond acceptors (Lipinski definition) is 7. The molecule has 0 aromatic rings. The molecule has 4 fully saturated rings. The summed E-state index contributed by atoms with van der Waals surface area (Å²) in [6.45, 7) is 4.93. The zero-order valence-electron chi connectivity index (χ0n) is 18.3. The van der Waals surface area contributed by atoms with Gasteiger partial charge in [-0.3, -0.25) is 19.2 Å². The summed E-state index contributed by atoms with van der Waals surface area (Å²) >= 11 is 0. The Balaban J connectivity index is 1.74. The van der Waals surface area contributed by atoms with Gasteiger partial charge in [-0.15, -0.1) is 0 Å². The van der Waals surface area contributed by atoms with Crippen LogP contribution >= 0.6 is 0 Å². The molecule has 0 amide bonds. The van der Waals surface area contributed by atoms with Crippen molar-refractivity contribution in [3.8, 4) is 0 Å². The van der Waals surface area contributed by atoms with Crippen LogP contribution in [0.4, 0.5) is 0 Å². The molecule has 7 nitrogen and oxygen atoms in total. The first-order chi connectivity index (χ1) is 14.1. The van der Waals surface area contributed by atoms with Crippen LogP contribution in [0.25, 0.3) is 0 Å². The summed E-state index contributed by atoms with van der Waals surface area (Å²) in [5, 5.41) is 0. The molecule has 0 aromatic heterocycles. The Morgan fingerprint density at radius 3 is 2.33 bits per heavy atom. The average molecular weight is 421 g/mol. The molecule has 0 unspecified atom stereocenters. The van der Waals surface area contributed by atoms with Gasteiger partial charge >= 0.3 is 17.9 Å². The normalized spacial score (nSPS) is 44.5. The van der Waals surface area contributed by atoms with Crippen molar-refractivity contribution >= 4 is 23.7 Å². The van der Waals surface area contributed by atoms with Gasteiger partial charge in [0, 0.05) is 25.2 Å². The number of hydrogen-bond donors (Lipinski definition) is 0. The molecule has 0 heterocycles. The Kier molecular flexibility index (Phi) is 5.22. The molecule has 4 rings (SSSR count). The van der Waals surface area contributed by atoms with Crippen molar-refractivity contribution < 1.29 is 33.4 Å². The number of Topliss-reactive ketones (excluding diaryl/α,β-unsaturated/α-hetero) is 1. The molecule has 4 aliphatic rings. The van der Waals surface area contributed by atoms with Crippen molar-refractivity contribution in [2.45, 2.75) is 77.9 Å². The number of rotatable bonds is 3. The lowest BCUT2D eigenvalue weighted by molar-refractivity contribution is -0.199. The van der Waals surface area contributed by atoms with E-state index in [9.17, 15) is 19.2 Å². The minimum Gasteiger partial charge on any atom is -0.469 e. The van der Waals surface area contributed by atoms with Crippen LogP contribution < -0.4 is 0 Å². The lowest BCUT2D eigenvalue weighted by atomic mass is 9.43. The van der Waals surface area contributed by atoms with Gasteiger partial charge in [0.15, 0.2) is 11.9 Å². The topological polar surface area (TPSA) is 96.0 Å². The van der Waals surface area contributed by atoms with Crippen LogP contribution in [0.3, 0.4) is 0 Å². The Morgan fingerprint density at radius 2 is 1.70 bits per heavy atom. The Bertz CT molecular complexity index is 776. The number of ketones is 1. The van der Waals surface area contributed by atoms with E-state index in [0.717, 1.165) is 32.1 Å². The molecule has 30 heavy (non-hydrogen) atoms. The van der Waals surface area contributed by atoms with Crippen LogP contribution in [0.15, 0.2) is 0 Å². The van der Waals surface area contributed by atoms with Gasteiger partial charge in [0.25, 0.3) is 0 Å². The zero-order chi connectivity index (χ0) is 21.8. The molecular weight excluding hydrogens is 388 g/mol.